The molecular weight excluding hydrogens is 290 g/mol. The van der Waals surface area contributed by atoms with Gasteiger partial charge in [-0.25, -0.2) is 0 Å². The Morgan fingerprint density at radius 3 is 2.61 bits per heavy atom. The summed E-state index contributed by atoms with van der Waals surface area (Å²) >= 11 is 3.55. The van der Waals surface area contributed by atoms with Gasteiger partial charge in [0, 0.05) is 10.9 Å². The molecule has 0 spiro atoms. The number of alkyl halides is 1. The van der Waals surface area contributed by atoms with E-state index in [0.717, 1.165) is 23.7 Å². The van der Waals surface area contributed by atoms with Gasteiger partial charge in [0.1, 0.15) is 0 Å². The first kappa shape index (κ1) is 13.6. The maximum Gasteiger partial charge on any atom is 0.224 e. The lowest BCUT2D eigenvalue weighted by atomic mass is 9.99. The molecule has 0 radical (unpaired) electrons. The molecule has 1 fully saturated rings. The Kier molecular flexibility index (Phi) is 4.44. The molecule has 2 rings (SSSR count). The molecule has 1 aliphatic rings. The zero-order chi connectivity index (χ0) is 13.0. The van der Waals surface area contributed by atoms with Crippen molar-refractivity contribution in [3.8, 4) is 0 Å². The second kappa shape index (κ2) is 5.87. The van der Waals surface area contributed by atoms with Crippen molar-refractivity contribution >= 4 is 21.8 Å². The molecule has 0 saturated heterocycles. The predicted molar refractivity (Wildman–Crippen MR) is 78.0 cm³/mol. The highest BCUT2D eigenvalue weighted by Gasteiger charge is 2.33. The molecule has 1 aromatic carbocycles. The van der Waals surface area contributed by atoms with Gasteiger partial charge in [-0.2, -0.15) is 0 Å². The van der Waals surface area contributed by atoms with Crippen LogP contribution in [0, 0.1) is 6.92 Å². The molecule has 0 atom stereocenters. The van der Waals surface area contributed by atoms with Gasteiger partial charge in [0.05, 0.1) is 6.42 Å². The maximum absolute atomic E-state index is 12.2. The molecule has 3 heteroatoms. The summed E-state index contributed by atoms with van der Waals surface area (Å²) in [4.78, 5) is 12.2. The van der Waals surface area contributed by atoms with Crippen LogP contribution in [0.5, 0.6) is 0 Å². The fourth-order valence-electron chi connectivity index (χ4n) is 2.67. The van der Waals surface area contributed by atoms with E-state index in [2.05, 4.69) is 34.2 Å². The van der Waals surface area contributed by atoms with Gasteiger partial charge < -0.3 is 5.32 Å². The topological polar surface area (TPSA) is 29.1 Å². The molecule has 0 heterocycles. The van der Waals surface area contributed by atoms with Crippen LogP contribution in [0.15, 0.2) is 24.3 Å². The van der Waals surface area contributed by atoms with Crippen molar-refractivity contribution in [2.24, 2.45) is 0 Å². The Morgan fingerprint density at radius 2 is 2.00 bits per heavy atom. The monoisotopic (exact) mass is 309 g/mol. The Labute approximate surface area is 117 Å². The summed E-state index contributed by atoms with van der Waals surface area (Å²) in [7, 11) is 0. The van der Waals surface area contributed by atoms with E-state index in [1.807, 2.05) is 18.2 Å². The molecule has 0 aromatic heterocycles. The molecule has 1 aromatic rings. The molecule has 0 bridgehead atoms. The first-order valence-corrected chi connectivity index (χ1v) is 7.69. The van der Waals surface area contributed by atoms with Crippen LogP contribution in [-0.4, -0.2) is 16.8 Å². The van der Waals surface area contributed by atoms with E-state index in [9.17, 15) is 4.79 Å². The molecule has 2 nitrogen and oxygen atoms in total. The Morgan fingerprint density at radius 1 is 1.33 bits per heavy atom. The van der Waals surface area contributed by atoms with Crippen molar-refractivity contribution in [3.63, 3.8) is 0 Å². The third kappa shape index (κ3) is 3.14. The van der Waals surface area contributed by atoms with Crippen LogP contribution >= 0.6 is 15.9 Å². The summed E-state index contributed by atoms with van der Waals surface area (Å²) < 4.78 is 0. The molecule has 98 valence electrons. The van der Waals surface area contributed by atoms with Crippen LogP contribution < -0.4 is 5.32 Å². The summed E-state index contributed by atoms with van der Waals surface area (Å²) in [6, 6.07) is 8.09. The van der Waals surface area contributed by atoms with Crippen molar-refractivity contribution in [3.05, 3.63) is 35.4 Å². The van der Waals surface area contributed by atoms with Gasteiger partial charge in [-0.1, -0.05) is 53.0 Å². The van der Waals surface area contributed by atoms with Crippen molar-refractivity contribution in [2.75, 3.05) is 5.33 Å². The number of nitrogens with one attached hydrogen (secondary N) is 1. The quantitative estimate of drug-likeness (QED) is 0.849. The van der Waals surface area contributed by atoms with E-state index in [0.29, 0.717) is 6.42 Å². The van der Waals surface area contributed by atoms with Crippen LogP contribution in [-0.2, 0) is 11.2 Å². The maximum atomic E-state index is 12.2. The molecule has 18 heavy (non-hydrogen) atoms. The van der Waals surface area contributed by atoms with Gasteiger partial charge >= 0.3 is 0 Å². The molecule has 0 unspecified atom stereocenters. The summed E-state index contributed by atoms with van der Waals surface area (Å²) in [5.41, 5.74) is 2.31. The van der Waals surface area contributed by atoms with Crippen LogP contribution in [0.2, 0.25) is 0 Å². The summed E-state index contributed by atoms with van der Waals surface area (Å²) in [5.74, 6) is 0.144. The Bertz CT molecular complexity index is 424. The molecule has 1 N–H and O–H groups in total. The van der Waals surface area contributed by atoms with Gasteiger partial charge in [-0.05, 0) is 30.9 Å². The third-order valence-corrected chi connectivity index (χ3v) is 4.91. The Hall–Kier alpha value is -0.830. The second-order valence-electron chi connectivity index (χ2n) is 5.27. The number of benzene rings is 1. The van der Waals surface area contributed by atoms with E-state index in [-0.39, 0.29) is 11.4 Å². The number of halogens is 1. The highest BCUT2D eigenvalue weighted by atomic mass is 79.9. The summed E-state index contributed by atoms with van der Waals surface area (Å²) in [6.07, 6.45) is 5.11. The van der Waals surface area contributed by atoms with E-state index in [1.165, 1.54) is 18.4 Å². The first-order chi connectivity index (χ1) is 8.65. The lowest BCUT2D eigenvalue weighted by molar-refractivity contribution is -0.122. The number of amides is 1. The number of carbonyl (C=O) groups excluding carboxylic acids is 1. The molecular formula is C15H20BrNO. The number of rotatable bonds is 4. The van der Waals surface area contributed by atoms with Gasteiger partial charge in [-0.15, -0.1) is 0 Å². The van der Waals surface area contributed by atoms with Crippen molar-refractivity contribution < 1.29 is 4.79 Å². The van der Waals surface area contributed by atoms with Crippen LogP contribution in [0.4, 0.5) is 0 Å². The molecule has 1 saturated carbocycles. The van der Waals surface area contributed by atoms with Gasteiger partial charge in [0.2, 0.25) is 5.91 Å². The van der Waals surface area contributed by atoms with Crippen LogP contribution in [0.3, 0.4) is 0 Å². The molecule has 1 amide bonds. The van der Waals surface area contributed by atoms with E-state index in [1.54, 1.807) is 0 Å². The minimum Gasteiger partial charge on any atom is -0.350 e. The minimum absolute atomic E-state index is 0.000230. The largest absolute Gasteiger partial charge is 0.350 e. The van der Waals surface area contributed by atoms with Crippen LogP contribution in [0.25, 0.3) is 0 Å². The van der Waals surface area contributed by atoms with Gasteiger partial charge in [-0.3, -0.25) is 4.79 Å². The van der Waals surface area contributed by atoms with Crippen molar-refractivity contribution in [1.29, 1.82) is 0 Å². The summed E-state index contributed by atoms with van der Waals surface area (Å²) in [5, 5.41) is 4.09. The smallest absolute Gasteiger partial charge is 0.224 e. The Balaban J connectivity index is 1.98. The normalized spacial score (nSPS) is 17.7. The SMILES string of the molecule is Cc1ccccc1CC(=O)NC1(CBr)CCCC1. The summed E-state index contributed by atoms with van der Waals surface area (Å²) in [6.45, 7) is 2.05. The zero-order valence-electron chi connectivity index (χ0n) is 10.8. The number of hydrogen-bond donors (Lipinski definition) is 1. The van der Waals surface area contributed by atoms with E-state index >= 15 is 0 Å². The van der Waals surface area contributed by atoms with Crippen LogP contribution in [0.1, 0.15) is 36.8 Å². The molecule has 1 aliphatic carbocycles. The molecule has 0 aliphatic heterocycles. The fraction of sp³-hybridized carbons (Fsp3) is 0.533. The second-order valence-corrected chi connectivity index (χ2v) is 5.83. The minimum atomic E-state index is -0.000230. The number of aryl methyl sites for hydroxylation is 1. The van der Waals surface area contributed by atoms with Crippen molar-refractivity contribution in [2.45, 2.75) is 44.6 Å². The highest BCUT2D eigenvalue weighted by Crippen LogP contribution is 2.31. The van der Waals surface area contributed by atoms with Crippen molar-refractivity contribution in [1.82, 2.24) is 5.32 Å². The van der Waals surface area contributed by atoms with Gasteiger partial charge in [0.15, 0.2) is 0 Å². The fourth-order valence-corrected chi connectivity index (χ4v) is 3.37. The van der Waals surface area contributed by atoms with E-state index < -0.39 is 0 Å². The third-order valence-electron chi connectivity index (χ3n) is 3.83. The lowest BCUT2D eigenvalue weighted by Gasteiger charge is -2.28. The zero-order valence-corrected chi connectivity index (χ0v) is 12.4. The van der Waals surface area contributed by atoms with Gasteiger partial charge in [0.25, 0.3) is 0 Å². The standard InChI is InChI=1S/C15H20BrNO/c1-12-6-2-3-7-13(12)10-14(18)17-15(11-16)8-4-5-9-15/h2-3,6-7H,4-5,8-11H2,1H3,(H,17,18). The average Bonchev–Trinajstić information content (AvgIpc) is 2.81. The average molecular weight is 310 g/mol. The number of carbonyl (C=O) groups is 1. The first-order valence-electron chi connectivity index (χ1n) is 6.57. The predicted octanol–water partition coefficient (Wildman–Crippen LogP) is 3.36. The number of hydrogen-bond acceptors (Lipinski definition) is 1. The lowest BCUT2D eigenvalue weighted by Crippen LogP contribution is -2.48. The highest BCUT2D eigenvalue weighted by molar-refractivity contribution is 9.09. The van der Waals surface area contributed by atoms with E-state index in [4.69, 9.17) is 0 Å².